The number of nitrogens with zero attached hydrogens (tertiary/aromatic N) is 2. The summed E-state index contributed by atoms with van der Waals surface area (Å²) in [6.45, 7) is 11.1. The van der Waals surface area contributed by atoms with Crippen molar-refractivity contribution >= 4 is 5.91 Å². The van der Waals surface area contributed by atoms with Gasteiger partial charge < -0.3 is 4.90 Å². The molecule has 0 radical (unpaired) electrons. The minimum absolute atomic E-state index is 0.224. The summed E-state index contributed by atoms with van der Waals surface area (Å²) in [6.07, 6.45) is 5.54. The van der Waals surface area contributed by atoms with Gasteiger partial charge in [-0.05, 0) is 37.5 Å². The molecule has 0 unspecified atom stereocenters. The second-order valence-electron chi connectivity index (χ2n) is 7.07. The minimum Gasteiger partial charge on any atom is -0.342 e. The normalized spacial score (nSPS) is 23.0. The molecule has 4 heteroatoms. The molecule has 1 amide bonds. The van der Waals surface area contributed by atoms with Crippen molar-refractivity contribution in [2.45, 2.75) is 52.9 Å². The first-order chi connectivity index (χ1) is 10.1. The highest BCUT2D eigenvalue weighted by molar-refractivity contribution is 5.79. The van der Waals surface area contributed by atoms with Gasteiger partial charge in [0.1, 0.15) is 0 Å². The highest BCUT2D eigenvalue weighted by Gasteiger charge is 2.30. The summed E-state index contributed by atoms with van der Waals surface area (Å²) < 4.78 is 0. The van der Waals surface area contributed by atoms with Crippen molar-refractivity contribution < 1.29 is 9.63 Å². The Hall–Kier alpha value is -0.610. The van der Waals surface area contributed by atoms with Gasteiger partial charge in [-0.1, -0.05) is 27.2 Å². The van der Waals surface area contributed by atoms with E-state index in [0.717, 1.165) is 51.5 Å². The van der Waals surface area contributed by atoms with E-state index in [1.165, 1.54) is 19.3 Å². The molecule has 0 aromatic rings. The molecular formula is C17H32N2O2. The fourth-order valence-corrected chi connectivity index (χ4v) is 3.31. The maximum atomic E-state index is 12.6. The standard InChI is InChI=1S/C17H32N2O2/c1-4-15-5-9-18(10-6-15)17(20)16-7-11-19(12-8-16)21-13-14(2)3/h14-16H,4-13H2,1-3H3. The Morgan fingerprint density at radius 2 is 1.71 bits per heavy atom. The molecule has 122 valence electrons. The van der Waals surface area contributed by atoms with Gasteiger partial charge in [-0.3, -0.25) is 9.63 Å². The summed E-state index contributed by atoms with van der Waals surface area (Å²) in [5.74, 6) is 2.01. The topological polar surface area (TPSA) is 32.8 Å². The molecule has 2 fully saturated rings. The summed E-state index contributed by atoms with van der Waals surface area (Å²) in [5, 5.41) is 2.05. The Morgan fingerprint density at radius 1 is 1.10 bits per heavy atom. The zero-order valence-electron chi connectivity index (χ0n) is 14.0. The van der Waals surface area contributed by atoms with Crippen LogP contribution in [0.1, 0.15) is 52.9 Å². The molecule has 2 rings (SSSR count). The molecule has 0 spiro atoms. The summed E-state index contributed by atoms with van der Waals surface area (Å²) in [7, 11) is 0. The first kappa shape index (κ1) is 16.8. The molecule has 0 N–H and O–H groups in total. The third-order valence-corrected chi connectivity index (χ3v) is 4.90. The van der Waals surface area contributed by atoms with Crippen LogP contribution in [0.5, 0.6) is 0 Å². The lowest BCUT2D eigenvalue weighted by Gasteiger charge is -2.37. The predicted molar refractivity (Wildman–Crippen MR) is 84.7 cm³/mol. The number of hydroxylamine groups is 2. The Bertz CT molecular complexity index is 317. The molecule has 2 aliphatic rings. The van der Waals surface area contributed by atoms with Gasteiger partial charge in [0.2, 0.25) is 5.91 Å². The number of carbonyl (C=O) groups is 1. The van der Waals surface area contributed by atoms with Gasteiger partial charge in [-0.25, -0.2) is 0 Å². The van der Waals surface area contributed by atoms with Crippen LogP contribution in [0.25, 0.3) is 0 Å². The Kier molecular flexibility index (Phi) is 6.49. The lowest BCUT2D eigenvalue weighted by Crippen LogP contribution is -2.45. The molecule has 0 aromatic heterocycles. The molecule has 0 bridgehead atoms. The zero-order chi connectivity index (χ0) is 15.2. The quantitative estimate of drug-likeness (QED) is 0.782. The number of piperidine rings is 2. The lowest BCUT2D eigenvalue weighted by atomic mass is 9.91. The first-order valence-electron chi connectivity index (χ1n) is 8.76. The maximum absolute atomic E-state index is 12.6. The van der Waals surface area contributed by atoms with Crippen molar-refractivity contribution in [3.63, 3.8) is 0 Å². The lowest BCUT2D eigenvalue weighted by molar-refractivity contribution is -0.184. The molecular weight excluding hydrogens is 264 g/mol. The van der Waals surface area contributed by atoms with Crippen molar-refractivity contribution in [1.82, 2.24) is 9.96 Å². The van der Waals surface area contributed by atoms with Gasteiger partial charge in [-0.2, -0.15) is 5.06 Å². The molecule has 2 heterocycles. The third kappa shape index (κ3) is 4.96. The average Bonchev–Trinajstić information content (AvgIpc) is 2.53. The number of hydrogen-bond donors (Lipinski definition) is 0. The van der Waals surface area contributed by atoms with Crippen LogP contribution in [0.4, 0.5) is 0 Å². The predicted octanol–water partition coefficient (Wildman–Crippen LogP) is 2.93. The Balaban J connectivity index is 1.71. The van der Waals surface area contributed by atoms with Crippen LogP contribution in [-0.4, -0.2) is 48.7 Å². The van der Waals surface area contributed by atoms with Gasteiger partial charge in [-0.15, -0.1) is 0 Å². The minimum atomic E-state index is 0.224. The van der Waals surface area contributed by atoms with E-state index in [-0.39, 0.29) is 5.92 Å². The van der Waals surface area contributed by atoms with Gasteiger partial charge in [0.05, 0.1) is 6.61 Å². The molecule has 2 aliphatic heterocycles. The number of carbonyl (C=O) groups excluding carboxylic acids is 1. The highest BCUT2D eigenvalue weighted by atomic mass is 16.7. The Morgan fingerprint density at radius 3 is 2.24 bits per heavy atom. The fraction of sp³-hybridized carbons (Fsp3) is 0.941. The van der Waals surface area contributed by atoms with Crippen molar-refractivity contribution in [2.24, 2.45) is 17.8 Å². The van der Waals surface area contributed by atoms with Crippen molar-refractivity contribution in [1.29, 1.82) is 0 Å². The van der Waals surface area contributed by atoms with Gasteiger partial charge in [0.25, 0.3) is 0 Å². The second-order valence-corrected chi connectivity index (χ2v) is 7.07. The van der Waals surface area contributed by atoms with Crippen molar-refractivity contribution in [3.05, 3.63) is 0 Å². The van der Waals surface area contributed by atoms with E-state index >= 15 is 0 Å². The van der Waals surface area contributed by atoms with E-state index in [9.17, 15) is 4.79 Å². The number of amides is 1. The van der Waals surface area contributed by atoms with Crippen LogP contribution in [-0.2, 0) is 9.63 Å². The number of likely N-dealkylation sites (tertiary alicyclic amines) is 1. The number of rotatable bonds is 5. The van der Waals surface area contributed by atoms with Crippen molar-refractivity contribution in [3.8, 4) is 0 Å². The summed E-state index contributed by atoms with van der Waals surface area (Å²) in [5.41, 5.74) is 0. The SMILES string of the molecule is CCC1CCN(C(=O)C2CCN(OCC(C)C)CC2)CC1. The Labute approximate surface area is 129 Å². The van der Waals surface area contributed by atoms with E-state index in [4.69, 9.17) is 4.84 Å². The number of hydrogen-bond acceptors (Lipinski definition) is 3. The molecule has 0 saturated carbocycles. The molecule has 2 saturated heterocycles. The van der Waals surface area contributed by atoms with E-state index in [1.54, 1.807) is 0 Å². The van der Waals surface area contributed by atoms with Crippen molar-refractivity contribution in [2.75, 3.05) is 32.8 Å². The second kappa shape index (κ2) is 8.14. The van der Waals surface area contributed by atoms with E-state index in [1.807, 2.05) is 5.06 Å². The van der Waals surface area contributed by atoms with Crippen LogP contribution in [0.15, 0.2) is 0 Å². The van der Waals surface area contributed by atoms with Crippen LogP contribution in [0.3, 0.4) is 0 Å². The monoisotopic (exact) mass is 296 g/mol. The van der Waals surface area contributed by atoms with Gasteiger partial charge in [0.15, 0.2) is 0 Å². The fourth-order valence-electron chi connectivity index (χ4n) is 3.31. The van der Waals surface area contributed by atoms with Gasteiger partial charge >= 0.3 is 0 Å². The third-order valence-electron chi connectivity index (χ3n) is 4.90. The molecule has 21 heavy (non-hydrogen) atoms. The summed E-state index contributed by atoms with van der Waals surface area (Å²) >= 11 is 0. The van der Waals surface area contributed by atoms with Crippen LogP contribution in [0.2, 0.25) is 0 Å². The van der Waals surface area contributed by atoms with Crippen LogP contribution < -0.4 is 0 Å². The zero-order valence-corrected chi connectivity index (χ0v) is 14.0. The highest BCUT2D eigenvalue weighted by Crippen LogP contribution is 2.25. The van der Waals surface area contributed by atoms with Crippen LogP contribution in [0, 0.1) is 17.8 Å². The summed E-state index contributed by atoms with van der Waals surface area (Å²) in [6, 6.07) is 0. The molecule has 4 nitrogen and oxygen atoms in total. The molecule has 0 atom stereocenters. The summed E-state index contributed by atoms with van der Waals surface area (Å²) in [4.78, 5) is 20.5. The molecule has 0 aliphatic carbocycles. The largest absolute Gasteiger partial charge is 0.342 e. The average molecular weight is 296 g/mol. The smallest absolute Gasteiger partial charge is 0.225 e. The maximum Gasteiger partial charge on any atom is 0.225 e. The molecule has 0 aromatic carbocycles. The first-order valence-corrected chi connectivity index (χ1v) is 8.76. The van der Waals surface area contributed by atoms with E-state index in [2.05, 4.69) is 25.7 Å². The van der Waals surface area contributed by atoms with E-state index in [0.29, 0.717) is 11.8 Å². The van der Waals surface area contributed by atoms with E-state index < -0.39 is 0 Å². The van der Waals surface area contributed by atoms with Gasteiger partial charge in [0, 0.05) is 32.1 Å². The van der Waals surface area contributed by atoms with Crippen LogP contribution >= 0.6 is 0 Å².